The quantitative estimate of drug-likeness (QED) is 0.353. The predicted octanol–water partition coefficient (Wildman–Crippen LogP) is 3.65. The van der Waals surface area contributed by atoms with Crippen LogP contribution >= 0.6 is 11.3 Å². The monoisotopic (exact) mass is 466 g/mol. The molecule has 0 fully saturated rings. The molecule has 0 spiro atoms. The second-order valence-electron chi connectivity index (χ2n) is 8.40. The molecule has 1 aromatic carbocycles. The van der Waals surface area contributed by atoms with Crippen molar-refractivity contribution in [2.24, 2.45) is 5.92 Å². The number of rotatable bonds is 5. The van der Waals surface area contributed by atoms with Gasteiger partial charge >= 0.3 is 11.6 Å². The smallest absolute Gasteiger partial charge is 0.344 e. The molecule has 8 nitrogen and oxygen atoms in total. The molecule has 0 aliphatic heterocycles. The number of H-pyrrole nitrogens is 1. The van der Waals surface area contributed by atoms with Gasteiger partial charge in [0, 0.05) is 22.4 Å². The Balaban J connectivity index is 1.24. The van der Waals surface area contributed by atoms with Gasteiger partial charge < -0.3 is 18.9 Å². The van der Waals surface area contributed by atoms with Crippen LogP contribution < -0.4 is 15.9 Å². The van der Waals surface area contributed by atoms with Gasteiger partial charge in [-0.1, -0.05) is 6.92 Å². The van der Waals surface area contributed by atoms with E-state index in [1.807, 2.05) is 6.92 Å². The number of nitrogens with one attached hydrogen (secondary N) is 1. The van der Waals surface area contributed by atoms with Crippen molar-refractivity contribution in [3.05, 3.63) is 66.9 Å². The van der Waals surface area contributed by atoms with E-state index in [-0.39, 0.29) is 18.8 Å². The SMILES string of the molecule is Cc1cc(=O)oc2cc(OCC(=O)OCc3nc4sc5c(c4c(=O)[nH]3)CCC(C)C5)ccc12. The number of aryl methyl sites for hydroxylation is 2. The number of fused-ring (bicyclic) bond motifs is 4. The maximum atomic E-state index is 12.6. The van der Waals surface area contributed by atoms with E-state index in [4.69, 9.17) is 13.9 Å². The number of benzene rings is 1. The van der Waals surface area contributed by atoms with Crippen molar-refractivity contribution in [1.29, 1.82) is 0 Å². The van der Waals surface area contributed by atoms with Crippen LogP contribution in [0.4, 0.5) is 0 Å². The van der Waals surface area contributed by atoms with Crippen LogP contribution in [-0.2, 0) is 29.0 Å². The Morgan fingerprint density at radius 1 is 1.30 bits per heavy atom. The molecule has 4 aromatic rings. The molecule has 1 atom stereocenters. The molecule has 0 bridgehead atoms. The first-order chi connectivity index (χ1) is 15.9. The van der Waals surface area contributed by atoms with Crippen LogP contribution in [0.3, 0.4) is 0 Å². The third kappa shape index (κ3) is 4.28. The highest BCUT2D eigenvalue weighted by Gasteiger charge is 2.23. The molecule has 0 saturated carbocycles. The minimum absolute atomic E-state index is 0.155. The van der Waals surface area contributed by atoms with E-state index >= 15 is 0 Å². The van der Waals surface area contributed by atoms with E-state index in [0.717, 1.165) is 35.8 Å². The zero-order chi connectivity index (χ0) is 23.1. The van der Waals surface area contributed by atoms with E-state index in [2.05, 4.69) is 16.9 Å². The fourth-order valence-corrected chi connectivity index (χ4v) is 5.59. The Labute approximate surface area is 192 Å². The van der Waals surface area contributed by atoms with Gasteiger partial charge in [0.25, 0.3) is 5.56 Å². The third-order valence-corrected chi connectivity index (χ3v) is 7.01. The Kier molecular flexibility index (Phi) is 5.49. The zero-order valence-corrected chi connectivity index (χ0v) is 19.0. The van der Waals surface area contributed by atoms with E-state index in [9.17, 15) is 14.4 Å². The molecule has 1 unspecified atom stereocenters. The van der Waals surface area contributed by atoms with E-state index in [1.54, 1.807) is 29.5 Å². The van der Waals surface area contributed by atoms with Gasteiger partial charge in [-0.05, 0) is 55.4 Å². The summed E-state index contributed by atoms with van der Waals surface area (Å²) in [5.74, 6) is 0.672. The lowest BCUT2D eigenvalue weighted by Crippen LogP contribution is -2.18. The lowest BCUT2D eigenvalue weighted by Gasteiger charge is -2.17. The first kappa shape index (κ1) is 21.4. The highest BCUT2D eigenvalue weighted by Crippen LogP contribution is 2.35. The van der Waals surface area contributed by atoms with E-state index in [0.29, 0.717) is 33.3 Å². The number of carbonyl (C=O) groups is 1. The standard InChI is InChI=1S/C24H22N2O6S/c1-12-3-5-16-18(7-12)33-24-22(16)23(29)25-19(26-24)10-31-21(28)11-30-14-4-6-15-13(2)8-20(27)32-17(15)9-14/h4,6,8-9,12H,3,5,7,10-11H2,1-2H3,(H,25,26,29). The number of aromatic amines is 1. The molecule has 3 heterocycles. The van der Waals surface area contributed by atoms with E-state index in [1.165, 1.54) is 10.9 Å². The first-order valence-electron chi connectivity index (χ1n) is 10.7. The summed E-state index contributed by atoms with van der Waals surface area (Å²) in [5.41, 5.74) is 1.65. The Hall–Kier alpha value is -3.46. The minimum Gasteiger partial charge on any atom is -0.482 e. The average Bonchev–Trinajstić information content (AvgIpc) is 3.13. The van der Waals surface area contributed by atoms with Crippen LogP contribution in [0, 0.1) is 12.8 Å². The van der Waals surface area contributed by atoms with Crippen molar-refractivity contribution in [3.63, 3.8) is 0 Å². The average molecular weight is 467 g/mol. The van der Waals surface area contributed by atoms with Crippen LogP contribution in [0.2, 0.25) is 0 Å². The highest BCUT2D eigenvalue weighted by molar-refractivity contribution is 7.18. The molecule has 3 aromatic heterocycles. The number of nitrogens with zero attached hydrogens (tertiary/aromatic N) is 1. The Morgan fingerprint density at radius 3 is 3.00 bits per heavy atom. The fraction of sp³-hybridized carbons (Fsp3) is 0.333. The summed E-state index contributed by atoms with van der Waals surface area (Å²) < 4.78 is 15.9. The number of carbonyl (C=O) groups excluding carboxylic acids is 1. The van der Waals surface area contributed by atoms with Crippen molar-refractivity contribution in [1.82, 2.24) is 9.97 Å². The number of ether oxygens (including phenoxy) is 2. The second-order valence-corrected chi connectivity index (χ2v) is 9.48. The molecule has 33 heavy (non-hydrogen) atoms. The van der Waals surface area contributed by atoms with Crippen LogP contribution in [-0.4, -0.2) is 22.5 Å². The van der Waals surface area contributed by atoms with Crippen molar-refractivity contribution >= 4 is 38.5 Å². The maximum Gasteiger partial charge on any atom is 0.344 e. The van der Waals surface area contributed by atoms with Crippen molar-refractivity contribution in [3.8, 4) is 5.75 Å². The largest absolute Gasteiger partial charge is 0.482 e. The number of esters is 1. The highest BCUT2D eigenvalue weighted by atomic mass is 32.1. The zero-order valence-electron chi connectivity index (χ0n) is 18.2. The van der Waals surface area contributed by atoms with Gasteiger partial charge in [0.15, 0.2) is 6.61 Å². The molecule has 0 radical (unpaired) electrons. The topological polar surface area (TPSA) is 111 Å². The Morgan fingerprint density at radius 2 is 2.15 bits per heavy atom. The van der Waals surface area contributed by atoms with Crippen LogP contribution in [0.25, 0.3) is 21.2 Å². The van der Waals surface area contributed by atoms with Gasteiger partial charge in [-0.2, -0.15) is 0 Å². The molecule has 0 amide bonds. The minimum atomic E-state index is -0.608. The molecule has 9 heteroatoms. The van der Waals surface area contributed by atoms with Gasteiger partial charge in [0.1, 0.15) is 28.6 Å². The fourth-order valence-electron chi connectivity index (χ4n) is 4.19. The molecule has 1 N–H and O–H groups in total. The molecular formula is C24H22N2O6S. The summed E-state index contributed by atoms with van der Waals surface area (Å²) in [4.78, 5) is 45.5. The van der Waals surface area contributed by atoms with Crippen molar-refractivity contribution in [2.75, 3.05) is 6.61 Å². The third-order valence-electron chi connectivity index (χ3n) is 5.86. The molecule has 170 valence electrons. The predicted molar refractivity (Wildman–Crippen MR) is 124 cm³/mol. The summed E-state index contributed by atoms with van der Waals surface area (Å²) in [6, 6.07) is 6.43. The molecular weight excluding hydrogens is 444 g/mol. The van der Waals surface area contributed by atoms with E-state index < -0.39 is 11.6 Å². The number of hydrogen-bond acceptors (Lipinski definition) is 8. The summed E-state index contributed by atoms with van der Waals surface area (Å²) in [6.45, 7) is 3.54. The number of hydrogen-bond donors (Lipinski definition) is 1. The lowest BCUT2D eigenvalue weighted by molar-refractivity contribution is -0.147. The van der Waals surface area contributed by atoms with Crippen LogP contribution in [0.1, 0.15) is 35.2 Å². The molecule has 1 aliphatic rings. The van der Waals surface area contributed by atoms with Crippen LogP contribution in [0.5, 0.6) is 5.75 Å². The summed E-state index contributed by atoms with van der Waals surface area (Å²) in [5, 5.41) is 1.46. The van der Waals surface area contributed by atoms with Gasteiger partial charge in [-0.25, -0.2) is 14.6 Å². The van der Waals surface area contributed by atoms with Crippen molar-refractivity contribution in [2.45, 2.75) is 39.7 Å². The van der Waals surface area contributed by atoms with Gasteiger partial charge in [0.2, 0.25) is 0 Å². The molecule has 0 saturated heterocycles. The van der Waals surface area contributed by atoms with Gasteiger partial charge in [-0.15, -0.1) is 11.3 Å². The summed E-state index contributed by atoms with van der Waals surface area (Å²) in [6.07, 6.45) is 2.93. The van der Waals surface area contributed by atoms with Crippen molar-refractivity contribution < 1.29 is 18.7 Å². The van der Waals surface area contributed by atoms with Gasteiger partial charge in [0.05, 0.1) is 5.39 Å². The molecule has 1 aliphatic carbocycles. The maximum absolute atomic E-state index is 12.6. The first-order valence-corrected chi connectivity index (χ1v) is 11.6. The molecule has 5 rings (SSSR count). The normalized spacial score (nSPS) is 15.5. The summed E-state index contributed by atoms with van der Waals surface area (Å²) >= 11 is 1.55. The summed E-state index contributed by atoms with van der Waals surface area (Å²) in [7, 11) is 0. The number of thiophene rings is 1. The lowest BCUT2D eigenvalue weighted by atomic mass is 9.89. The van der Waals surface area contributed by atoms with Gasteiger partial charge in [-0.3, -0.25) is 4.79 Å². The van der Waals surface area contributed by atoms with Crippen LogP contribution in [0.15, 0.2) is 38.3 Å². The second kappa shape index (κ2) is 8.47. The number of aromatic nitrogens is 2. The Bertz CT molecular complexity index is 1500.